The van der Waals surface area contributed by atoms with Crippen molar-refractivity contribution >= 4 is 41.1 Å². The van der Waals surface area contributed by atoms with E-state index < -0.39 is 0 Å². The molecule has 65 heavy (non-hydrogen) atoms. The van der Waals surface area contributed by atoms with Crippen molar-refractivity contribution < 1.29 is 28.1 Å². The maximum atomic E-state index is 5.93. The number of aryl methyl sites for hydroxylation is 4. The van der Waals surface area contributed by atoms with Gasteiger partial charge in [-0.3, -0.25) is 10.1 Å². The van der Waals surface area contributed by atoms with Crippen molar-refractivity contribution in [2.24, 2.45) is 0 Å². The third-order valence-electron chi connectivity index (χ3n) is 13.9. The third-order valence-corrected chi connectivity index (χ3v) is 14.4. The highest BCUT2D eigenvalue weighted by atomic mass is 79.9. The quantitative estimate of drug-likeness (QED) is 0.135. The van der Waals surface area contributed by atoms with E-state index in [-0.39, 0.29) is 49.6 Å². The molecule has 0 aromatic carbocycles. The fourth-order valence-corrected chi connectivity index (χ4v) is 9.18. The molecule has 348 valence electrons. The lowest BCUT2D eigenvalue weighted by atomic mass is 9.82. The molecule has 0 amide bonds. The van der Waals surface area contributed by atoms with Crippen LogP contribution in [0, 0.1) is 0 Å². The molecule has 0 bridgehead atoms. The summed E-state index contributed by atoms with van der Waals surface area (Å²) in [5.74, 6) is 0. The number of fused-ring (bicyclic) bond motifs is 2. The molecule has 13 nitrogen and oxygen atoms in total. The highest BCUT2D eigenvalue weighted by Crippen LogP contribution is 2.36. The molecule has 11 rings (SSSR count). The SMILES string of the molecule is Brc1ccc2c(n1)CCCC2.CC1(C)OB(c2cn[nH]c2)OC1(C)C.CC1OB(c2cnn(C3CCCCO3)c2)OC1(C)C.c1cn(C2CCCCO2)cc1-c1ccc2c(n1)CCCC2. The Bertz CT molecular complexity index is 2270. The first kappa shape index (κ1) is 47.8. The zero-order chi connectivity index (χ0) is 45.6. The zero-order valence-corrected chi connectivity index (χ0v) is 41.1. The maximum Gasteiger partial charge on any atom is 0.498 e. The highest BCUT2D eigenvalue weighted by molar-refractivity contribution is 9.10. The van der Waals surface area contributed by atoms with E-state index in [9.17, 15) is 0 Å². The summed E-state index contributed by atoms with van der Waals surface area (Å²) in [6.07, 6.45) is 28.8. The molecule has 5 aromatic heterocycles. The van der Waals surface area contributed by atoms with Crippen LogP contribution < -0.4 is 10.9 Å². The zero-order valence-electron chi connectivity index (χ0n) is 39.6. The van der Waals surface area contributed by atoms with Crippen LogP contribution in [0.1, 0.15) is 148 Å². The number of halogens is 1. The number of hydrogen-bond donors (Lipinski definition) is 1. The molecule has 4 saturated heterocycles. The lowest BCUT2D eigenvalue weighted by Gasteiger charge is -2.32. The summed E-state index contributed by atoms with van der Waals surface area (Å²) in [4.78, 5) is 9.32. The minimum Gasteiger partial charge on any atom is -0.402 e. The first-order chi connectivity index (χ1) is 31.2. The van der Waals surface area contributed by atoms with E-state index in [2.05, 4.69) is 77.4 Å². The first-order valence-electron chi connectivity index (χ1n) is 24.0. The van der Waals surface area contributed by atoms with Gasteiger partial charge >= 0.3 is 14.2 Å². The summed E-state index contributed by atoms with van der Waals surface area (Å²) in [6.45, 7) is 16.0. The van der Waals surface area contributed by atoms with Gasteiger partial charge in [0.25, 0.3) is 0 Å². The second kappa shape index (κ2) is 21.1. The molecular weight excluding hydrogens is 884 g/mol. The highest BCUT2D eigenvalue weighted by Gasteiger charge is 2.52. The standard InChI is InChI=1S/C18H22N2O.C13H21BN2O3.C9H15BN2O2.C9H10BrN/c1-2-6-16-14(5-1)8-9-17(19-16)15-10-11-20(13-15)18-7-3-4-12-21-18;1-10-13(2,3)19-14(18-10)11-8-15-16(9-11)12-6-4-5-7-17-12;1-8(2)9(3,4)14-10(13-8)7-5-11-12-6-7;10-9-6-5-7-3-1-2-4-8(7)11-9/h8-11,13,18H,1-7,12H2;8-10,12H,4-7H2,1-3H3;5-6H,1-4H3,(H,11,12);5-6H,1-4H2. The van der Waals surface area contributed by atoms with E-state index >= 15 is 0 Å². The number of rotatable bonds is 5. The molecule has 16 heteroatoms. The normalized spacial score (nSPS) is 24.0. The molecule has 3 unspecified atom stereocenters. The molecule has 9 heterocycles. The summed E-state index contributed by atoms with van der Waals surface area (Å²) in [5, 5.41) is 11.0. The predicted molar refractivity (Wildman–Crippen MR) is 258 cm³/mol. The smallest absolute Gasteiger partial charge is 0.402 e. The van der Waals surface area contributed by atoms with Crippen LogP contribution in [0.25, 0.3) is 11.3 Å². The molecule has 1 N–H and O–H groups in total. The molecular formula is C49H68B2BrN7O6. The van der Waals surface area contributed by atoms with Crippen molar-refractivity contribution in [3.05, 3.63) is 94.6 Å². The van der Waals surface area contributed by atoms with Gasteiger partial charge in [0.05, 0.1) is 28.6 Å². The minimum atomic E-state index is -0.317. The molecule has 2 aliphatic carbocycles. The van der Waals surface area contributed by atoms with Crippen LogP contribution in [0.2, 0.25) is 0 Å². The molecule has 4 fully saturated rings. The summed E-state index contributed by atoms with van der Waals surface area (Å²) >= 11 is 3.38. The fraction of sp³-hybridized carbons (Fsp3) is 0.592. The topological polar surface area (TPSA) is 133 Å². The molecule has 4 aliphatic heterocycles. The lowest BCUT2D eigenvalue weighted by molar-refractivity contribution is -0.0394. The Morgan fingerprint density at radius 3 is 1.94 bits per heavy atom. The van der Waals surface area contributed by atoms with E-state index in [1.807, 2.05) is 71.6 Å². The van der Waals surface area contributed by atoms with Crippen LogP contribution in [0.3, 0.4) is 0 Å². The van der Waals surface area contributed by atoms with Crippen molar-refractivity contribution in [1.82, 2.24) is 34.5 Å². The van der Waals surface area contributed by atoms with Crippen LogP contribution in [0.5, 0.6) is 0 Å². The molecule has 3 atom stereocenters. The van der Waals surface area contributed by atoms with Gasteiger partial charge in [-0.2, -0.15) is 10.2 Å². The van der Waals surface area contributed by atoms with Gasteiger partial charge in [0.1, 0.15) is 17.1 Å². The summed E-state index contributed by atoms with van der Waals surface area (Å²) in [5.41, 5.74) is 8.88. The largest absolute Gasteiger partial charge is 0.498 e. The van der Waals surface area contributed by atoms with Crippen molar-refractivity contribution in [2.75, 3.05) is 13.2 Å². The Morgan fingerprint density at radius 2 is 1.32 bits per heavy atom. The van der Waals surface area contributed by atoms with E-state index in [0.29, 0.717) is 0 Å². The number of hydrogen-bond acceptors (Lipinski definition) is 10. The van der Waals surface area contributed by atoms with Crippen LogP contribution >= 0.6 is 15.9 Å². The van der Waals surface area contributed by atoms with E-state index in [0.717, 1.165) is 66.5 Å². The lowest BCUT2D eigenvalue weighted by Crippen LogP contribution is -2.41. The first-order valence-corrected chi connectivity index (χ1v) is 24.8. The Kier molecular flexibility index (Phi) is 15.5. The third kappa shape index (κ3) is 11.9. The summed E-state index contributed by atoms with van der Waals surface area (Å²) < 4.78 is 40.1. The van der Waals surface area contributed by atoms with Gasteiger partial charge < -0.3 is 32.7 Å². The van der Waals surface area contributed by atoms with Crippen LogP contribution in [0.15, 0.2) is 72.1 Å². The molecule has 6 aliphatic rings. The Balaban J connectivity index is 0.000000121. The monoisotopic (exact) mass is 951 g/mol. The van der Waals surface area contributed by atoms with Crippen molar-refractivity contribution in [3.8, 4) is 11.3 Å². The number of nitrogens with one attached hydrogen (secondary N) is 1. The average Bonchev–Trinajstić information content (AvgIpc) is 4.17. The Hall–Kier alpha value is -3.63. The average molecular weight is 953 g/mol. The maximum absolute atomic E-state index is 5.93. The second-order valence-corrected chi connectivity index (χ2v) is 20.5. The van der Waals surface area contributed by atoms with Gasteiger partial charge in [-0.15, -0.1) is 0 Å². The summed E-state index contributed by atoms with van der Waals surface area (Å²) in [7, 11) is -0.624. The summed E-state index contributed by atoms with van der Waals surface area (Å²) in [6, 6.07) is 10.8. The number of nitrogens with zero attached hydrogens (tertiary/aromatic N) is 6. The Morgan fingerprint density at radius 1 is 0.677 bits per heavy atom. The number of aromatic nitrogens is 7. The second-order valence-electron chi connectivity index (χ2n) is 19.7. The van der Waals surface area contributed by atoms with E-state index in [1.165, 1.54) is 85.9 Å². The van der Waals surface area contributed by atoms with Gasteiger partial charge in [-0.05, 0) is 184 Å². The van der Waals surface area contributed by atoms with E-state index in [4.69, 9.17) is 33.1 Å². The van der Waals surface area contributed by atoms with E-state index in [1.54, 1.807) is 12.4 Å². The van der Waals surface area contributed by atoms with Gasteiger partial charge in [0, 0.05) is 78.3 Å². The van der Waals surface area contributed by atoms with Crippen LogP contribution in [-0.4, -0.2) is 84.9 Å². The number of ether oxygens (including phenoxy) is 2. The predicted octanol–water partition coefficient (Wildman–Crippen LogP) is 9.05. The minimum absolute atomic E-state index is 0.0642. The molecule has 0 spiro atoms. The number of H-pyrrole nitrogens is 1. The van der Waals surface area contributed by atoms with Crippen molar-refractivity contribution in [1.29, 1.82) is 0 Å². The molecule has 0 radical (unpaired) electrons. The molecule has 0 saturated carbocycles. The van der Waals surface area contributed by atoms with Gasteiger partial charge in [0.2, 0.25) is 0 Å². The molecule has 5 aromatic rings. The van der Waals surface area contributed by atoms with Gasteiger partial charge in [0.15, 0.2) is 0 Å². The van der Waals surface area contributed by atoms with Crippen molar-refractivity contribution in [3.63, 3.8) is 0 Å². The Labute approximate surface area is 394 Å². The fourth-order valence-electron chi connectivity index (χ4n) is 8.83. The van der Waals surface area contributed by atoms with Crippen molar-refractivity contribution in [2.45, 2.75) is 174 Å². The van der Waals surface area contributed by atoms with Gasteiger partial charge in [-0.25, -0.2) is 9.67 Å². The number of aromatic amines is 1. The number of pyridine rings is 2. The van der Waals surface area contributed by atoms with Crippen LogP contribution in [0.4, 0.5) is 0 Å². The van der Waals surface area contributed by atoms with Crippen LogP contribution in [-0.2, 0) is 53.8 Å². The van der Waals surface area contributed by atoms with Gasteiger partial charge in [-0.1, -0.05) is 12.1 Å².